The molecule has 0 saturated heterocycles. The maximum atomic E-state index is 13.1. The van der Waals surface area contributed by atoms with Crippen LogP contribution in [0.15, 0.2) is 78.9 Å². The SMILES string of the molecule is COc1ccccc1NC(=O)[C@H](C)OC(=O)c1c2ccccc2cc2ccccc12. The molecule has 1 amide bonds. The van der Waals surface area contributed by atoms with Crippen LogP contribution in [0.1, 0.15) is 17.3 Å². The first-order valence-corrected chi connectivity index (χ1v) is 9.64. The Kier molecular flexibility index (Phi) is 5.35. The van der Waals surface area contributed by atoms with E-state index in [1.807, 2.05) is 60.7 Å². The molecular formula is C25H21NO4. The highest BCUT2D eigenvalue weighted by Crippen LogP contribution is 2.29. The van der Waals surface area contributed by atoms with Gasteiger partial charge in [0.15, 0.2) is 6.10 Å². The molecule has 4 rings (SSSR count). The number of hydrogen-bond donors (Lipinski definition) is 1. The maximum absolute atomic E-state index is 13.1. The summed E-state index contributed by atoms with van der Waals surface area (Å²) in [5, 5.41) is 6.21. The molecule has 0 radical (unpaired) electrons. The Labute approximate surface area is 174 Å². The van der Waals surface area contributed by atoms with Gasteiger partial charge in [0, 0.05) is 0 Å². The smallest absolute Gasteiger partial charge is 0.340 e. The first kappa shape index (κ1) is 19.5. The second-order valence-corrected chi connectivity index (χ2v) is 6.93. The molecule has 30 heavy (non-hydrogen) atoms. The third kappa shape index (κ3) is 3.70. The zero-order chi connectivity index (χ0) is 21.1. The lowest BCUT2D eigenvalue weighted by Crippen LogP contribution is -2.30. The highest BCUT2D eigenvalue weighted by molar-refractivity contribution is 6.17. The van der Waals surface area contributed by atoms with Crippen molar-refractivity contribution in [2.45, 2.75) is 13.0 Å². The van der Waals surface area contributed by atoms with Gasteiger partial charge < -0.3 is 14.8 Å². The van der Waals surface area contributed by atoms with Gasteiger partial charge in [0.2, 0.25) is 0 Å². The van der Waals surface area contributed by atoms with E-state index in [0.29, 0.717) is 17.0 Å². The number of methoxy groups -OCH3 is 1. The van der Waals surface area contributed by atoms with Gasteiger partial charge in [-0.15, -0.1) is 0 Å². The molecule has 0 aliphatic carbocycles. The molecule has 0 aliphatic heterocycles. The van der Waals surface area contributed by atoms with Crippen LogP contribution in [0.2, 0.25) is 0 Å². The summed E-state index contributed by atoms with van der Waals surface area (Å²) in [7, 11) is 1.53. The van der Waals surface area contributed by atoms with Gasteiger partial charge in [-0.25, -0.2) is 4.79 Å². The number of para-hydroxylation sites is 2. The summed E-state index contributed by atoms with van der Waals surface area (Å²) in [6.45, 7) is 1.55. The number of hydrogen-bond acceptors (Lipinski definition) is 4. The Morgan fingerprint density at radius 3 is 2.03 bits per heavy atom. The van der Waals surface area contributed by atoms with Gasteiger partial charge in [0.05, 0.1) is 18.4 Å². The molecule has 4 aromatic carbocycles. The summed E-state index contributed by atoms with van der Waals surface area (Å²) in [5.41, 5.74) is 0.976. The van der Waals surface area contributed by atoms with Crippen molar-refractivity contribution in [2.75, 3.05) is 12.4 Å². The molecule has 0 aliphatic rings. The zero-order valence-electron chi connectivity index (χ0n) is 16.7. The molecule has 0 bridgehead atoms. The van der Waals surface area contributed by atoms with Crippen LogP contribution in [0, 0.1) is 0 Å². The van der Waals surface area contributed by atoms with E-state index in [1.165, 1.54) is 7.11 Å². The first-order chi connectivity index (χ1) is 14.6. The van der Waals surface area contributed by atoms with E-state index < -0.39 is 18.0 Å². The lowest BCUT2D eigenvalue weighted by molar-refractivity contribution is -0.123. The fraction of sp³-hybridized carbons (Fsp3) is 0.120. The molecule has 1 N–H and O–H groups in total. The van der Waals surface area contributed by atoms with Crippen molar-refractivity contribution in [3.05, 3.63) is 84.4 Å². The average Bonchev–Trinajstić information content (AvgIpc) is 2.77. The predicted molar refractivity (Wildman–Crippen MR) is 118 cm³/mol. The third-order valence-corrected chi connectivity index (χ3v) is 4.99. The maximum Gasteiger partial charge on any atom is 0.340 e. The highest BCUT2D eigenvalue weighted by atomic mass is 16.5. The summed E-state index contributed by atoms with van der Waals surface area (Å²) in [6, 6.07) is 24.4. The fourth-order valence-corrected chi connectivity index (χ4v) is 3.49. The van der Waals surface area contributed by atoms with Crippen molar-refractivity contribution in [1.29, 1.82) is 0 Å². The molecule has 150 valence electrons. The number of esters is 1. The predicted octanol–water partition coefficient (Wildman–Crippen LogP) is 5.19. The van der Waals surface area contributed by atoms with E-state index in [9.17, 15) is 9.59 Å². The number of ether oxygens (including phenoxy) is 2. The van der Waals surface area contributed by atoms with Crippen LogP contribution in [0.3, 0.4) is 0 Å². The Bertz CT molecular complexity index is 1190. The molecule has 4 aromatic rings. The molecule has 0 heterocycles. The van der Waals surface area contributed by atoms with Crippen LogP contribution in [-0.4, -0.2) is 25.1 Å². The standard InChI is InChI=1S/C25H21NO4/c1-16(24(27)26-21-13-7-8-14-22(21)29-2)30-25(28)23-19-11-5-3-9-17(19)15-18-10-4-6-12-20(18)23/h3-16H,1-2H3,(H,26,27)/t16-/m0/s1. The normalized spacial score (nSPS) is 11.8. The van der Waals surface area contributed by atoms with E-state index in [-0.39, 0.29) is 0 Å². The molecule has 5 heteroatoms. The molecule has 0 fully saturated rings. The minimum atomic E-state index is -0.986. The first-order valence-electron chi connectivity index (χ1n) is 9.64. The van der Waals surface area contributed by atoms with Crippen LogP contribution >= 0.6 is 0 Å². The summed E-state index contributed by atoms with van der Waals surface area (Å²) in [5.74, 6) is -0.438. The van der Waals surface area contributed by atoms with Gasteiger partial charge in [-0.2, -0.15) is 0 Å². The number of anilines is 1. The fourth-order valence-electron chi connectivity index (χ4n) is 3.49. The number of carbonyl (C=O) groups excluding carboxylic acids is 2. The van der Waals surface area contributed by atoms with E-state index in [4.69, 9.17) is 9.47 Å². The second-order valence-electron chi connectivity index (χ2n) is 6.93. The highest BCUT2D eigenvalue weighted by Gasteiger charge is 2.23. The van der Waals surface area contributed by atoms with Crippen LogP contribution in [0.25, 0.3) is 21.5 Å². The monoisotopic (exact) mass is 399 g/mol. The van der Waals surface area contributed by atoms with Crippen LogP contribution in [0.5, 0.6) is 5.75 Å². The lowest BCUT2D eigenvalue weighted by atomic mass is 9.97. The molecule has 1 atom stereocenters. The lowest BCUT2D eigenvalue weighted by Gasteiger charge is -2.17. The van der Waals surface area contributed by atoms with E-state index in [0.717, 1.165) is 21.5 Å². The van der Waals surface area contributed by atoms with E-state index >= 15 is 0 Å². The van der Waals surface area contributed by atoms with Crippen molar-refractivity contribution in [3.8, 4) is 5.75 Å². The van der Waals surface area contributed by atoms with E-state index in [1.54, 1.807) is 25.1 Å². The molecule has 0 saturated carbocycles. The van der Waals surface area contributed by atoms with Gasteiger partial charge >= 0.3 is 5.97 Å². The number of benzene rings is 4. The summed E-state index contributed by atoms with van der Waals surface area (Å²) >= 11 is 0. The van der Waals surface area contributed by atoms with Gasteiger partial charge in [-0.3, -0.25) is 4.79 Å². The van der Waals surface area contributed by atoms with Crippen LogP contribution in [-0.2, 0) is 9.53 Å². The number of fused-ring (bicyclic) bond motifs is 2. The summed E-state index contributed by atoms with van der Waals surface area (Å²) in [4.78, 5) is 25.8. The number of amides is 1. The quantitative estimate of drug-likeness (QED) is 0.371. The second kappa shape index (κ2) is 8.25. The Hall–Kier alpha value is -3.86. The van der Waals surface area contributed by atoms with Gasteiger partial charge in [-0.05, 0) is 46.7 Å². The van der Waals surface area contributed by atoms with E-state index in [2.05, 4.69) is 5.32 Å². The molecule has 0 aromatic heterocycles. The van der Waals surface area contributed by atoms with Crippen LogP contribution in [0.4, 0.5) is 5.69 Å². The Morgan fingerprint density at radius 2 is 1.40 bits per heavy atom. The van der Waals surface area contributed by atoms with Gasteiger partial charge in [0.1, 0.15) is 5.75 Å². The molecule has 0 spiro atoms. The molecule has 0 unspecified atom stereocenters. The minimum absolute atomic E-state index is 0.433. The molecular weight excluding hydrogens is 378 g/mol. The summed E-state index contributed by atoms with van der Waals surface area (Å²) < 4.78 is 10.8. The number of rotatable bonds is 5. The topological polar surface area (TPSA) is 64.6 Å². The van der Waals surface area contributed by atoms with Crippen molar-refractivity contribution < 1.29 is 19.1 Å². The Balaban J connectivity index is 1.63. The number of nitrogens with one attached hydrogen (secondary N) is 1. The Morgan fingerprint density at radius 1 is 0.833 bits per heavy atom. The van der Waals surface area contributed by atoms with Crippen molar-refractivity contribution in [1.82, 2.24) is 0 Å². The summed E-state index contributed by atoms with van der Waals surface area (Å²) in [6.07, 6.45) is -0.986. The van der Waals surface area contributed by atoms with Crippen LogP contribution < -0.4 is 10.1 Å². The van der Waals surface area contributed by atoms with Crippen molar-refractivity contribution in [2.24, 2.45) is 0 Å². The van der Waals surface area contributed by atoms with Gasteiger partial charge in [-0.1, -0.05) is 60.7 Å². The largest absolute Gasteiger partial charge is 0.495 e. The third-order valence-electron chi connectivity index (χ3n) is 4.99. The van der Waals surface area contributed by atoms with Crippen molar-refractivity contribution in [3.63, 3.8) is 0 Å². The minimum Gasteiger partial charge on any atom is -0.495 e. The van der Waals surface area contributed by atoms with Gasteiger partial charge in [0.25, 0.3) is 5.91 Å². The zero-order valence-corrected chi connectivity index (χ0v) is 16.7. The van der Waals surface area contributed by atoms with Crippen molar-refractivity contribution >= 4 is 39.1 Å². The molecule has 5 nitrogen and oxygen atoms in total. The number of carbonyl (C=O) groups is 2. The average molecular weight is 399 g/mol.